The van der Waals surface area contributed by atoms with Crippen molar-refractivity contribution in [2.24, 2.45) is 12.9 Å². The second kappa shape index (κ2) is 4.83. The molecule has 17 heavy (non-hydrogen) atoms. The number of nitrogens with one attached hydrogen (secondary N) is 1. The first-order valence-electron chi connectivity index (χ1n) is 5.19. The van der Waals surface area contributed by atoms with Crippen LogP contribution in [0.4, 0.5) is 0 Å². The van der Waals surface area contributed by atoms with Gasteiger partial charge in [0.15, 0.2) is 0 Å². The molecule has 2 heterocycles. The van der Waals surface area contributed by atoms with Gasteiger partial charge in [0.05, 0.1) is 22.6 Å². The van der Waals surface area contributed by atoms with E-state index in [2.05, 4.69) is 15.5 Å². The lowest BCUT2D eigenvalue weighted by Gasteiger charge is -2.16. The Kier molecular flexibility index (Phi) is 3.42. The molecule has 3 N–H and O–H groups in total. The lowest BCUT2D eigenvalue weighted by Crippen LogP contribution is -2.31. The summed E-state index contributed by atoms with van der Waals surface area (Å²) in [5.41, 5.74) is 5.46. The maximum absolute atomic E-state index is 6.10. The average molecular weight is 252 g/mol. The van der Waals surface area contributed by atoms with Gasteiger partial charge in [-0.1, -0.05) is 11.6 Å². The van der Waals surface area contributed by atoms with Gasteiger partial charge in [-0.2, -0.15) is 5.10 Å². The van der Waals surface area contributed by atoms with E-state index in [1.54, 1.807) is 17.1 Å². The standard InChI is InChI=1S/C11H14ClN5/c1-7-3-4-14-9(5-7)10(16-13)11-8(12)6-15-17(11)2/h3-6,10,16H,13H2,1-2H3. The molecule has 0 aromatic carbocycles. The number of halogens is 1. The lowest BCUT2D eigenvalue weighted by molar-refractivity contribution is 0.563. The van der Waals surface area contributed by atoms with Gasteiger partial charge in [-0.05, 0) is 24.6 Å². The van der Waals surface area contributed by atoms with E-state index < -0.39 is 0 Å². The van der Waals surface area contributed by atoms with Crippen molar-refractivity contribution in [3.63, 3.8) is 0 Å². The van der Waals surface area contributed by atoms with E-state index in [-0.39, 0.29) is 6.04 Å². The van der Waals surface area contributed by atoms with Crippen molar-refractivity contribution in [1.29, 1.82) is 0 Å². The van der Waals surface area contributed by atoms with Crippen LogP contribution in [0.5, 0.6) is 0 Å². The highest BCUT2D eigenvalue weighted by molar-refractivity contribution is 6.31. The Hall–Kier alpha value is -1.43. The quantitative estimate of drug-likeness (QED) is 0.638. The lowest BCUT2D eigenvalue weighted by atomic mass is 10.1. The zero-order valence-corrected chi connectivity index (χ0v) is 10.4. The summed E-state index contributed by atoms with van der Waals surface area (Å²) in [6.45, 7) is 2.00. The Morgan fingerprint density at radius 3 is 2.82 bits per heavy atom. The van der Waals surface area contributed by atoms with Crippen molar-refractivity contribution in [2.75, 3.05) is 0 Å². The number of aryl methyl sites for hydroxylation is 2. The van der Waals surface area contributed by atoms with Crippen molar-refractivity contribution >= 4 is 11.6 Å². The number of hydrogen-bond donors (Lipinski definition) is 2. The Morgan fingerprint density at radius 1 is 1.53 bits per heavy atom. The van der Waals surface area contributed by atoms with Crippen LogP contribution in [-0.4, -0.2) is 14.8 Å². The zero-order valence-electron chi connectivity index (χ0n) is 9.68. The fourth-order valence-electron chi connectivity index (χ4n) is 1.77. The SMILES string of the molecule is Cc1ccnc(C(NN)c2c(Cl)cnn2C)c1. The van der Waals surface area contributed by atoms with Gasteiger partial charge in [0.25, 0.3) is 0 Å². The second-order valence-corrected chi connectivity index (χ2v) is 4.27. The molecule has 1 unspecified atom stereocenters. The smallest absolute Gasteiger partial charge is 0.106 e. The van der Waals surface area contributed by atoms with Crippen LogP contribution in [0.2, 0.25) is 5.02 Å². The van der Waals surface area contributed by atoms with Crippen LogP contribution in [0.15, 0.2) is 24.5 Å². The fourth-order valence-corrected chi connectivity index (χ4v) is 2.04. The topological polar surface area (TPSA) is 68.8 Å². The molecule has 0 bridgehead atoms. The molecule has 1 atom stereocenters. The van der Waals surface area contributed by atoms with Crippen molar-refractivity contribution in [2.45, 2.75) is 13.0 Å². The van der Waals surface area contributed by atoms with Crippen LogP contribution in [0.1, 0.15) is 23.0 Å². The van der Waals surface area contributed by atoms with Gasteiger partial charge in [0, 0.05) is 13.2 Å². The molecule has 0 saturated carbocycles. The third-order valence-corrected chi connectivity index (χ3v) is 2.90. The van der Waals surface area contributed by atoms with E-state index in [0.29, 0.717) is 5.02 Å². The van der Waals surface area contributed by atoms with Gasteiger partial charge in [-0.15, -0.1) is 0 Å². The summed E-state index contributed by atoms with van der Waals surface area (Å²) in [5, 5.41) is 4.66. The molecule has 0 aliphatic carbocycles. The Bertz CT molecular complexity index is 503. The number of aromatic nitrogens is 3. The minimum atomic E-state index is -0.269. The molecule has 0 spiro atoms. The van der Waals surface area contributed by atoms with Crippen LogP contribution >= 0.6 is 11.6 Å². The van der Waals surface area contributed by atoms with Crippen LogP contribution in [0.3, 0.4) is 0 Å². The number of pyridine rings is 1. The summed E-state index contributed by atoms with van der Waals surface area (Å²) in [6, 6.07) is 3.63. The summed E-state index contributed by atoms with van der Waals surface area (Å²) in [6.07, 6.45) is 3.34. The van der Waals surface area contributed by atoms with E-state index in [0.717, 1.165) is 17.0 Å². The fraction of sp³-hybridized carbons (Fsp3) is 0.273. The van der Waals surface area contributed by atoms with Crippen molar-refractivity contribution in [3.8, 4) is 0 Å². The van der Waals surface area contributed by atoms with Crippen LogP contribution < -0.4 is 11.3 Å². The predicted molar refractivity (Wildman–Crippen MR) is 66.4 cm³/mol. The van der Waals surface area contributed by atoms with Crippen molar-refractivity contribution in [1.82, 2.24) is 20.2 Å². The molecule has 2 rings (SSSR count). The summed E-state index contributed by atoms with van der Waals surface area (Å²) < 4.78 is 1.69. The van der Waals surface area contributed by atoms with Crippen molar-refractivity contribution in [3.05, 3.63) is 46.5 Å². The number of nitrogens with zero attached hydrogens (tertiary/aromatic N) is 3. The molecular weight excluding hydrogens is 238 g/mol. The molecule has 90 valence electrons. The molecule has 5 nitrogen and oxygen atoms in total. The normalized spacial score (nSPS) is 12.7. The molecule has 2 aromatic rings. The minimum absolute atomic E-state index is 0.269. The number of hydrogen-bond acceptors (Lipinski definition) is 4. The molecule has 0 saturated heterocycles. The maximum atomic E-state index is 6.10. The van der Waals surface area contributed by atoms with Crippen LogP contribution in [0, 0.1) is 6.92 Å². The summed E-state index contributed by atoms with van der Waals surface area (Å²) in [4.78, 5) is 4.31. The Balaban J connectivity index is 2.47. The van der Waals surface area contributed by atoms with Gasteiger partial charge in [-0.3, -0.25) is 15.5 Å². The van der Waals surface area contributed by atoms with Crippen molar-refractivity contribution < 1.29 is 0 Å². The number of hydrazine groups is 1. The highest BCUT2D eigenvalue weighted by Gasteiger charge is 2.20. The molecule has 6 heteroatoms. The molecule has 0 radical (unpaired) electrons. The average Bonchev–Trinajstić information content (AvgIpc) is 2.62. The zero-order chi connectivity index (χ0) is 12.4. The first-order valence-corrected chi connectivity index (χ1v) is 5.57. The summed E-state index contributed by atoms with van der Waals surface area (Å²) in [7, 11) is 1.82. The molecule has 2 aromatic heterocycles. The number of nitrogens with two attached hydrogens (primary N) is 1. The van der Waals surface area contributed by atoms with Gasteiger partial charge < -0.3 is 0 Å². The van der Waals surface area contributed by atoms with E-state index in [1.807, 2.05) is 26.1 Å². The Morgan fingerprint density at radius 2 is 2.29 bits per heavy atom. The third kappa shape index (κ3) is 2.31. The van der Waals surface area contributed by atoms with Crippen LogP contribution in [0.25, 0.3) is 0 Å². The first-order chi connectivity index (χ1) is 8.13. The first kappa shape index (κ1) is 12.0. The monoisotopic (exact) mass is 251 g/mol. The maximum Gasteiger partial charge on any atom is 0.106 e. The molecule has 0 aliphatic heterocycles. The van der Waals surface area contributed by atoms with E-state index in [4.69, 9.17) is 17.4 Å². The van der Waals surface area contributed by atoms with Gasteiger partial charge in [-0.25, -0.2) is 5.43 Å². The molecule has 0 aliphatic rings. The predicted octanol–water partition coefficient (Wildman–Crippen LogP) is 1.33. The van der Waals surface area contributed by atoms with Crippen LogP contribution in [-0.2, 0) is 7.05 Å². The molecule has 0 fully saturated rings. The Labute approximate surface area is 105 Å². The molecule has 0 amide bonds. The van der Waals surface area contributed by atoms with E-state index in [1.165, 1.54) is 0 Å². The minimum Gasteiger partial charge on any atom is -0.270 e. The largest absolute Gasteiger partial charge is 0.270 e. The second-order valence-electron chi connectivity index (χ2n) is 3.86. The summed E-state index contributed by atoms with van der Waals surface area (Å²) >= 11 is 6.10. The van der Waals surface area contributed by atoms with E-state index >= 15 is 0 Å². The third-order valence-electron chi connectivity index (χ3n) is 2.61. The van der Waals surface area contributed by atoms with E-state index in [9.17, 15) is 0 Å². The molecular formula is C11H14ClN5. The highest BCUT2D eigenvalue weighted by atomic mass is 35.5. The van der Waals surface area contributed by atoms with Gasteiger partial charge >= 0.3 is 0 Å². The van der Waals surface area contributed by atoms with Gasteiger partial charge in [0.1, 0.15) is 6.04 Å². The summed E-state index contributed by atoms with van der Waals surface area (Å²) in [5.74, 6) is 5.59. The number of rotatable bonds is 3. The highest BCUT2D eigenvalue weighted by Crippen LogP contribution is 2.26. The van der Waals surface area contributed by atoms with Gasteiger partial charge in [0.2, 0.25) is 0 Å².